The number of esters is 1. The van der Waals surface area contributed by atoms with E-state index in [1.807, 2.05) is 61.5 Å². The fourth-order valence-corrected chi connectivity index (χ4v) is 2.25. The van der Waals surface area contributed by atoms with Gasteiger partial charge < -0.3 is 14.8 Å². The van der Waals surface area contributed by atoms with Gasteiger partial charge in [0.15, 0.2) is 13.2 Å². The van der Waals surface area contributed by atoms with E-state index in [0.717, 1.165) is 17.5 Å². The molecular formula is C20H23NO4. The lowest BCUT2D eigenvalue weighted by Gasteiger charge is -2.11. The van der Waals surface area contributed by atoms with E-state index < -0.39 is 5.97 Å². The monoisotopic (exact) mass is 341 g/mol. The van der Waals surface area contributed by atoms with Crippen molar-refractivity contribution in [1.29, 1.82) is 0 Å². The molecule has 0 radical (unpaired) electrons. The van der Waals surface area contributed by atoms with Gasteiger partial charge in [0.05, 0.1) is 0 Å². The number of amides is 1. The Morgan fingerprint density at radius 2 is 1.68 bits per heavy atom. The second-order valence-electron chi connectivity index (χ2n) is 5.57. The second-order valence-corrected chi connectivity index (χ2v) is 5.57. The molecule has 5 heteroatoms. The number of hydrogen-bond acceptors (Lipinski definition) is 4. The van der Waals surface area contributed by atoms with Crippen LogP contribution >= 0.6 is 0 Å². The smallest absolute Gasteiger partial charge is 0.344 e. The third kappa shape index (κ3) is 6.67. The van der Waals surface area contributed by atoms with Crippen LogP contribution in [0, 0.1) is 0 Å². The molecule has 0 aliphatic rings. The maximum absolute atomic E-state index is 11.7. The van der Waals surface area contributed by atoms with Crippen molar-refractivity contribution in [2.75, 3.05) is 19.8 Å². The minimum atomic E-state index is -0.568. The number of carbonyl (C=O) groups excluding carboxylic acids is 2. The van der Waals surface area contributed by atoms with Gasteiger partial charge in [-0.25, -0.2) is 4.79 Å². The Hall–Kier alpha value is -2.82. The average molecular weight is 341 g/mol. The second kappa shape index (κ2) is 10.1. The summed E-state index contributed by atoms with van der Waals surface area (Å²) in [5.74, 6) is -0.237. The number of nitrogens with one attached hydrogen (secondary N) is 1. The van der Waals surface area contributed by atoms with Crippen molar-refractivity contribution >= 4 is 11.9 Å². The zero-order valence-electron chi connectivity index (χ0n) is 14.4. The summed E-state index contributed by atoms with van der Waals surface area (Å²) < 4.78 is 10.5. The number of ether oxygens (including phenoxy) is 2. The van der Waals surface area contributed by atoms with Crippen molar-refractivity contribution in [3.8, 4) is 5.75 Å². The summed E-state index contributed by atoms with van der Waals surface area (Å²) in [4.78, 5) is 23.1. The summed E-state index contributed by atoms with van der Waals surface area (Å²) in [5.41, 5.74) is 2.15. The molecule has 132 valence electrons. The van der Waals surface area contributed by atoms with E-state index >= 15 is 0 Å². The predicted octanol–water partition coefficient (Wildman–Crippen LogP) is 2.73. The first kappa shape index (κ1) is 18.5. The van der Waals surface area contributed by atoms with Crippen LogP contribution in [0.1, 0.15) is 24.5 Å². The van der Waals surface area contributed by atoms with E-state index in [4.69, 9.17) is 9.47 Å². The van der Waals surface area contributed by atoms with E-state index in [9.17, 15) is 9.59 Å². The normalized spacial score (nSPS) is 10.1. The Balaban J connectivity index is 1.84. The van der Waals surface area contributed by atoms with E-state index in [1.54, 1.807) is 0 Å². The molecule has 2 rings (SSSR count). The van der Waals surface area contributed by atoms with E-state index in [2.05, 4.69) is 5.32 Å². The maximum Gasteiger partial charge on any atom is 0.344 e. The Bertz CT molecular complexity index is 685. The van der Waals surface area contributed by atoms with Gasteiger partial charge in [-0.05, 0) is 23.6 Å². The first-order chi connectivity index (χ1) is 12.2. The van der Waals surface area contributed by atoms with Gasteiger partial charge in [0.1, 0.15) is 5.75 Å². The average Bonchev–Trinajstić information content (AvgIpc) is 2.64. The Labute approximate surface area is 148 Å². The number of carbonyl (C=O) groups is 2. The summed E-state index contributed by atoms with van der Waals surface area (Å²) in [7, 11) is 0. The number of rotatable bonds is 9. The van der Waals surface area contributed by atoms with Crippen molar-refractivity contribution < 1.29 is 19.1 Å². The van der Waals surface area contributed by atoms with Crippen LogP contribution in [0.25, 0.3) is 0 Å². The molecule has 1 N–H and O–H groups in total. The molecule has 0 heterocycles. The summed E-state index contributed by atoms with van der Waals surface area (Å²) in [5, 5.41) is 2.64. The van der Waals surface area contributed by atoms with Gasteiger partial charge in [-0.2, -0.15) is 0 Å². The molecule has 1 amide bonds. The van der Waals surface area contributed by atoms with Crippen molar-refractivity contribution in [3.63, 3.8) is 0 Å². The molecule has 0 saturated carbocycles. The zero-order chi connectivity index (χ0) is 17.9. The van der Waals surface area contributed by atoms with E-state index in [-0.39, 0.29) is 19.1 Å². The minimum absolute atomic E-state index is 0.229. The first-order valence-corrected chi connectivity index (χ1v) is 8.36. The van der Waals surface area contributed by atoms with Crippen LogP contribution in [-0.2, 0) is 20.7 Å². The molecular weight excluding hydrogens is 318 g/mol. The SMILES string of the molecule is CCCNC(=O)COC(=O)COc1ccccc1Cc1ccccc1. The van der Waals surface area contributed by atoms with Crippen molar-refractivity contribution in [3.05, 3.63) is 65.7 Å². The quantitative estimate of drug-likeness (QED) is 0.712. The molecule has 0 aliphatic heterocycles. The lowest BCUT2D eigenvalue weighted by Crippen LogP contribution is -2.30. The molecule has 0 spiro atoms. The van der Waals surface area contributed by atoms with Crippen LogP contribution in [0.15, 0.2) is 54.6 Å². The maximum atomic E-state index is 11.7. The highest BCUT2D eigenvalue weighted by Gasteiger charge is 2.10. The Morgan fingerprint density at radius 3 is 2.44 bits per heavy atom. The molecule has 25 heavy (non-hydrogen) atoms. The molecule has 0 aromatic heterocycles. The predicted molar refractivity (Wildman–Crippen MR) is 95.4 cm³/mol. The molecule has 0 bridgehead atoms. The minimum Gasteiger partial charge on any atom is -0.482 e. The fraction of sp³-hybridized carbons (Fsp3) is 0.300. The van der Waals surface area contributed by atoms with Gasteiger partial charge in [-0.1, -0.05) is 55.5 Å². The van der Waals surface area contributed by atoms with Gasteiger partial charge in [-0.3, -0.25) is 4.79 Å². The number of para-hydroxylation sites is 1. The summed E-state index contributed by atoms with van der Waals surface area (Å²) >= 11 is 0. The highest BCUT2D eigenvalue weighted by molar-refractivity contribution is 5.80. The highest BCUT2D eigenvalue weighted by atomic mass is 16.6. The van der Waals surface area contributed by atoms with Crippen LogP contribution in [0.5, 0.6) is 5.75 Å². The van der Waals surface area contributed by atoms with Crippen LogP contribution in [0.2, 0.25) is 0 Å². The summed E-state index contributed by atoms with van der Waals surface area (Å²) in [6, 6.07) is 17.6. The molecule has 2 aromatic rings. The van der Waals surface area contributed by atoms with Crippen LogP contribution in [0.3, 0.4) is 0 Å². The number of benzene rings is 2. The lowest BCUT2D eigenvalue weighted by molar-refractivity contribution is -0.150. The Kier molecular flexibility index (Phi) is 7.50. The van der Waals surface area contributed by atoms with Crippen molar-refractivity contribution in [2.24, 2.45) is 0 Å². The summed E-state index contributed by atoms with van der Waals surface area (Å²) in [6.07, 6.45) is 1.55. The van der Waals surface area contributed by atoms with Gasteiger partial charge in [0.2, 0.25) is 0 Å². The van der Waals surface area contributed by atoms with Gasteiger partial charge in [-0.15, -0.1) is 0 Å². The molecule has 0 aliphatic carbocycles. The zero-order valence-corrected chi connectivity index (χ0v) is 14.4. The van der Waals surface area contributed by atoms with Crippen LogP contribution in [0.4, 0.5) is 0 Å². The van der Waals surface area contributed by atoms with Crippen LogP contribution < -0.4 is 10.1 Å². The molecule has 0 saturated heterocycles. The van der Waals surface area contributed by atoms with Gasteiger partial charge >= 0.3 is 5.97 Å². The number of hydrogen-bond donors (Lipinski definition) is 1. The molecule has 2 aromatic carbocycles. The van der Waals surface area contributed by atoms with Crippen molar-refractivity contribution in [2.45, 2.75) is 19.8 Å². The third-order valence-electron chi connectivity index (χ3n) is 3.49. The van der Waals surface area contributed by atoms with Gasteiger partial charge in [0.25, 0.3) is 5.91 Å². The first-order valence-electron chi connectivity index (χ1n) is 8.36. The Morgan fingerprint density at radius 1 is 0.960 bits per heavy atom. The summed E-state index contributed by atoms with van der Waals surface area (Å²) in [6.45, 7) is 2.01. The fourth-order valence-electron chi connectivity index (χ4n) is 2.25. The van der Waals surface area contributed by atoms with E-state index in [0.29, 0.717) is 18.7 Å². The standard InChI is InChI=1S/C20H23NO4/c1-2-12-21-19(22)14-25-20(23)15-24-18-11-7-6-10-17(18)13-16-8-4-3-5-9-16/h3-11H,2,12-15H2,1H3,(H,21,22). The molecule has 0 atom stereocenters. The van der Waals surface area contributed by atoms with Crippen molar-refractivity contribution in [1.82, 2.24) is 5.32 Å². The topological polar surface area (TPSA) is 64.6 Å². The van der Waals surface area contributed by atoms with Crippen LogP contribution in [-0.4, -0.2) is 31.6 Å². The molecule has 0 fully saturated rings. The molecule has 5 nitrogen and oxygen atoms in total. The highest BCUT2D eigenvalue weighted by Crippen LogP contribution is 2.21. The third-order valence-corrected chi connectivity index (χ3v) is 3.49. The van der Waals surface area contributed by atoms with Gasteiger partial charge in [0, 0.05) is 13.0 Å². The van der Waals surface area contributed by atoms with E-state index in [1.165, 1.54) is 0 Å². The lowest BCUT2D eigenvalue weighted by atomic mass is 10.0. The molecule has 0 unspecified atom stereocenters. The largest absolute Gasteiger partial charge is 0.482 e.